The molecule has 0 saturated heterocycles. The highest BCUT2D eigenvalue weighted by atomic mass is 32.1. The van der Waals surface area contributed by atoms with E-state index >= 15 is 0 Å². The van der Waals surface area contributed by atoms with Crippen LogP contribution in [0.25, 0.3) is 0 Å². The zero-order valence-corrected chi connectivity index (χ0v) is 5.48. The predicted molar refractivity (Wildman–Crippen MR) is 33.7 cm³/mol. The molecule has 3 heteroatoms. The quantitative estimate of drug-likeness (QED) is 0.610. The van der Waals surface area contributed by atoms with Crippen LogP contribution in [0, 0.1) is 0 Å². The van der Waals surface area contributed by atoms with Crippen LogP contribution < -0.4 is 0 Å². The van der Waals surface area contributed by atoms with E-state index in [2.05, 4.69) is 0 Å². The first kappa shape index (κ1) is 6.29. The van der Waals surface area contributed by atoms with Gasteiger partial charge in [0.05, 0.1) is 6.42 Å². The topological polar surface area (TPSA) is 37.0 Å². The van der Waals surface area contributed by atoms with E-state index < -0.39 is 5.97 Å². The molecule has 1 heterocycles. The lowest BCUT2D eigenvalue weighted by Gasteiger charge is -1.82. The van der Waals surface area contributed by atoms with Gasteiger partial charge in [0.15, 0.2) is 0 Å². The van der Waals surface area contributed by atoms with Crippen LogP contribution in [0.2, 0.25) is 0 Å². The summed E-state index contributed by atoms with van der Waals surface area (Å²) < 4.78 is 0. The molecule has 0 aliphatic heterocycles. The Hall–Kier alpha value is -0.830. The number of carbonyl (C=O) groups excluding carboxylic acids is 1. The number of thiophene rings is 1. The third kappa shape index (κ3) is 1.85. The van der Waals surface area contributed by atoms with Gasteiger partial charge in [0.1, 0.15) is 0 Å². The molecular weight excluding hydrogens is 136 g/mol. The van der Waals surface area contributed by atoms with Crippen molar-refractivity contribution in [2.45, 2.75) is 6.42 Å². The Kier molecular flexibility index (Phi) is 1.85. The summed E-state index contributed by atoms with van der Waals surface area (Å²) in [5, 5.41) is 13.6. The molecule has 0 spiro atoms. The molecule has 0 amide bonds. The molecule has 0 unspecified atom stereocenters. The number of hydrogen-bond donors (Lipinski definition) is 0. The first-order chi connectivity index (χ1) is 4.29. The molecule has 0 aromatic carbocycles. The maximum Gasteiger partial charge on any atom is 0.359 e. The molecule has 1 radical (unpaired) electrons. The molecule has 0 N–H and O–H groups in total. The third-order valence-corrected chi connectivity index (χ3v) is 1.66. The minimum atomic E-state index is -1.02. The van der Waals surface area contributed by atoms with Gasteiger partial charge in [-0.05, 0) is 22.4 Å². The second-order valence-corrected chi connectivity index (χ2v) is 2.46. The summed E-state index contributed by atoms with van der Waals surface area (Å²) in [5.74, 6) is -1.02. The molecule has 47 valence electrons. The lowest BCUT2D eigenvalue weighted by molar-refractivity contribution is -0.142. The first-order valence-corrected chi connectivity index (χ1v) is 3.44. The Bertz CT molecular complexity index is 191. The minimum Gasteiger partial charge on any atom is -0.247 e. The molecule has 1 aromatic heterocycles. The Balaban J connectivity index is 2.58. The fourth-order valence-electron chi connectivity index (χ4n) is 0.560. The van der Waals surface area contributed by atoms with Gasteiger partial charge in [0, 0.05) is 0 Å². The lowest BCUT2D eigenvalue weighted by atomic mass is 10.2. The van der Waals surface area contributed by atoms with Gasteiger partial charge < -0.3 is 0 Å². The second-order valence-electron chi connectivity index (χ2n) is 1.68. The van der Waals surface area contributed by atoms with Gasteiger partial charge in [-0.25, -0.2) is 9.90 Å². The molecule has 1 rings (SSSR count). The fraction of sp³-hybridized carbons (Fsp3) is 0.167. The lowest BCUT2D eigenvalue weighted by Crippen LogP contribution is -1.95. The maximum absolute atomic E-state index is 9.96. The monoisotopic (exact) mass is 141 g/mol. The molecule has 0 fully saturated rings. The van der Waals surface area contributed by atoms with Crippen LogP contribution in [0.4, 0.5) is 0 Å². The highest BCUT2D eigenvalue weighted by Gasteiger charge is 2.00. The van der Waals surface area contributed by atoms with Crippen molar-refractivity contribution < 1.29 is 9.90 Å². The summed E-state index contributed by atoms with van der Waals surface area (Å²) in [6.45, 7) is 0. The maximum atomic E-state index is 9.96. The first-order valence-electron chi connectivity index (χ1n) is 2.50. The molecular formula is C6H5O2S. The van der Waals surface area contributed by atoms with Gasteiger partial charge in [-0.3, -0.25) is 0 Å². The van der Waals surface area contributed by atoms with Gasteiger partial charge >= 0.3 is 5.97 Å². The summed E-state index contributed by atoms with van der Waals surface area (Å²) in [4.78, 5) is 9.96. The van der Waals surface area contributed by atoms with E-state index in [1.54, 1.807) is 11.4 Å². The van der Waals surface area contributed by atoms with Gasteiger partial charge in [-0.1, -0.05) is 0 Å². The molecule has 0 bridgehead atoms. The van der Waals surface area contributed by atoms with Crippen molar-refractivity contribution in [3.63, 3.8) is 0 Å². The largest absolute Gasteiger partial charge is 0.359 e. The van der Waals surface area contributed by atoms with Crippen molar-refractivity contribution in [3.8, 4) is 0 Å². The van der Waals surface area contributed by atoms with Crippen LogP contribution in [0.5, 0.6) is 0 Å². The van der Waals surface area contributed by atoms with Gasteiger partial charge in [-0.2, -0.15) is 11.3 Å². The van der Waals surface area contributed by atoms with Crippen molar-refractivity contribution >= 4 is 17.3 Å². The van der Waals surface area contributed by atoms with Crippen LogP contribution in [-0.4, -0.2) is 5.97 Å². The molecule has 0 atom stereocenters. The van der Waals surface area contributed by atoms with E-state index in [0.29, 0.717) is 0 Å². The summed E-state index contributed by atoms with van der Waals surface area (Å²) in [6.07, 6.45) is 0.0312. The number of carbonyl (C=O) groups is 1. The van der Waals surface area contributed by atoms with Crippen LogP contribution in [0.3, 0.4) is 0 Å². The van der Waals surface area contributed by atoms with Crippen LogP contribution in [0.1, 0.15) is 5.56 Å². The van der Waals surface area contributed by atoms with Crippen LogP contribution >= 0.6 is 11.3 Å². The molecule has 1 aromatic rings. The van der Waals surface area contributed by atoms with E-state index in [0.717, 1.165) is 5.56 Å². The SMILES string of the molecule is [O]C(=O)Cc1ccsc1. The third-order valence-electron chi connectivity index (χ3n) is 0.929. The molecule has 2 nitrogen and oxygen atoms in total. The molecule has 0 aliphatic carbocycles. The summed E-state index contributed by atoms with van der Waals surface area (Å²) >= 11 is 1.49. The van der Waals surface area contributed by atoms with E-state index in [4.69, 9.17) is 0 Å². The fourth-order valence-corrected chi connectivity index (χ4v) is 1.23. The highest BCUT2D eigenvalue weighted by Crippen LogP contribution is 2.05. The Morgan fingerprint density at radius 3 is 2.89 bits per heavy atom. The average molecular weight is 141 g/mol. The Morgan fingerprint density at radius 1 is 1.67 bits per heavy atom. The van der Waals surface area contributed by atoms with Crippen molar-refractivity contribution in [2.75, 3.05) is 0 Å². The number of hydrogen-bond acceptors (Lipinski definition) is 2. The van der Waals surface area contributed by atoms with E-state index in [9.17, 15) is 9.90 Å². The predicted octanol–water partition coefficient (Wildman–Crippen LogP) is 1.25. The number of rotatable bonds is 2. The van der Waals surface area contributed by atoms with E-state index in [1.807, 2.05) is 5.38 Å². The zero-order valence-electron chi connectivity index (χ0n) is 4.66. The van der Waals surface area contributed by atoms with Gasteiger partial charge in [0.2, 0.25) is 0 Å². The molecule has 9 heavy (non-hydrogen) atoms. The Labute approximate surface area is 56.8 Å². The smallest absolute Gasteiger partial charge is 0.247 e. The van der Waals surface area contributed by atoms with Gasteiger partial charge in [0.25, 0.3) is 0 Å². The van der Waals surface area contributed by atoms with Crippen molar-refractivity contribution in [1.29, 1.82) is 0 Å². The van der Waals surface area contributed by atoms with Crippen molar-refractivity contribution in [3.05, 3.63) is 22.4 Å². The van der Waals surface area contributed by atoms with Crippen LogP contribution in [-0.2, 0) is 16.3 Å². The summed E-state index contributed by atoms with van der Waals surface area (Å²) in [7, 11) is 0. The van der Waals surface area contributed by atoms with Crippen LogP contribution in [0.15, 0.2) is 16.8 Å². The normalized spacial score (nSPS) is 9.33. The van der Waals surface area contributed by atoms with E-state index in [1.165, 1.54) is 11.3 Å². The summed E-state index contributed by atoms with van der Waals surface area (Å²) in [5.41, 5.74) is 0.819. The van der Waals surface area contributed by atoms with E-state index in [-0.39, 0.29) is 6.42 Å². The van der Waals surface area contributed by atoms with Gasteiger partial charge in [-0.15, -0.1) is 0 Å². The highest BCUT2D eigenvalue weighted by molar-refractivity contribution is 7.07. The minimum absolute atomic E-state index is 0.0312. The summed E-state index contributed by atoms with van der Waals surface area (Å²) in [6, 6.07) is 1.78. The average Bonchev–Trinajstić information content (AvgIpc) is 2.15. The second kappa shape index (κ2) is 2.64. The van der Waals surface area contributed by atoms with Crippen molar-refractivity contribution in [1.82, 2.24) is 0 Å². The zero-order chi connectivity index (χ0) is 6.69. The molecule has 0 aliphatic rings. The molecule has 0 saturated carbocycles. The Morgan fingerprint density at radius 2 is 2.44 bits per heavy atom. The standard InChI is InChI=1S/C6H5O2S/c7-6(8)3-5-1-2-9-4-5/h1-2,4H,3H2. The van der Waals surface area contributed by atoms with Crippen molar-refractivity contribution in [2.24, 2.45) is 0 Å².